The van der Waals surface area contributed by atoms with Gasteiger partial charge in [-0.15, -0.1) is 11.3 Å². The smallest absolute Gasteiger partial charge is 0.242 e. The van der Waals surface area contributed by atoms with Crippen LogP contribution in [-0.2, 0) is 21.3 Å². The lowest BCUT2D eigenvalue weighted by Gasteiger charge is -2.24. The second kappa shape index (κ2) is 6.64. The third-order valence-electron chi connectivity index (χ3n) is 2.42. The summed E-state index contributed by atoms with van der Waals surface area (Å²) in [6, 6.07) is 1.59. The predicted molar refractivity (Wildman–Crippen MR) is 80.8 cm³/mol. The molecule has 0 aromatic carbocycles. The molecule has 0 saturated heterocycles. The molecule has 0 atom stereocenters. The number of halogens is 1. The van der Waals surface area contributed by atoms with Crippen LogP contribution >= 0.6 is 27.3 Å². The van der Waals surface area contributed by atoms with Crippen molar-refractivity contribution in [3.63, 3.8) is 0 Å². The highest BCUT2D eigenvalue weighted by molar-refractivity contribution is 9.11. The van der Waals surface area contributed by atoms with Gasteiger partial charge in [-0.1, -0.05) is 0 Å². The fraction of sp³-hybridized carbons (Fsp3) is 0.636. The Morgan fingerprint density at radius 1 is 1.53 bits per heavy atom. The van der Waals surface area contributed by atoms with Gasteiger partial charge in [-0.25, -0.2) is 13.1 Å². The minimum atomic E-state index is -3.55. The molecule has 0 saturated carbocycles. The van der Waals surface area contributed by atoms with Crippen molar-refractivity contribution < 1.29 is 13.2 Å². The molecule has 0 unspecified atom stereocenters. The van der Waals surface area contributed by atoms with Gasteiger partial charge in [0, 0.05) is 24.6 Å². The van der Waals surface area contributed by atoms with Crippen LogP contribution in [0.4, 0.5) is 0 Å². The summed E-state index contributed by atoms with van der Waals surface area (Å²) in [5.41, 5.74) is 4.97. The molecule has 0 aliphatic heterocycles. The van der Waals surface area contributed by atoms with Crippen molar-refractivity contribution in [2.75, 3.05) is 13.2 Å². The van der Waals surface area contributed by atoms with Gasteiger partial charge >= 0.3 is 0 Å². The summed E-state index contributed by atoms with van der Waals surface area (Å²) < 4.78 is 33.0. The summed E-state index contributed by atoms with van der Waals surface area (Å²) in [5, 5.41) is 0. The van der Waals surface area contributed by atoms with Crippen LogP contribution in [0, 0.1) is 0 Å². The summed E-state index contributed by atoms with van der Waals surface area (Å²) in [6.45, 7) is 6.63. The number of sulfonamides is 1. The van der Waals surface area contributed by atoms with E-state index in [9.17, 15) is 8.42 Å². The zero-order valence-corrected chi connectivity index (χ0v) is 14.4. The van der Waals surface area contributed by atoms with E-state index in [1.807, 2.05) is 20.8 Å². The van der Waals surface area contributed by atoms with Crippen LogP contribution in [0.3, 0.4) is 0 Å². The summed E-state index contributed by atoms with van der Waals surface area (Å²) in [4.78, 5) is 1.04. The van der Waals surface area contributed by atoms with Crippen LogP contribution in [0.2, 0.25) is 0 Å². The zero-order valence-electron chi connectivity index (χ0n) is 11.2. The Labute approximate surface area is 126 Å². The maximum atomic E-state index is 12.2. The van der Waals surface area contributed by atoms with Crippen molar-refractivity contribution in [3.8, 4) is 0 Å². The van der Waals surface area contributed by atoms with E-state index < -0.39 is 15.6 Å². The molecule has 3 N–H and O–H groups in total. The molecule has 1 aromatic rings. The van der Waals surface area contributed by atoms with Gasteiger partial charge in [-0.05, 0) is 42.8 Å². The first-order chi connectivity index (χ1) is 8.72. The molecule has 8 heteroatoms. The third-order valence-corrected chi connectivity index (χ3v) is 6.10. The first-order valence-electron chi connectivity index (χ1n) is 5.83. The third kappa shape index (κ3) is 4.80. The van der Waals surface area contributed by atoms with Crippen molar-refractivity contribution in [1.82, 2.24) is 4.72 Å². The largest absolute Gasteiger partial charge is 0.375 e. The van der Waals surface area contributed by atoms with Crippen LogP contribution in [0.1, 0.15) is 25.6 Å². The number of hydrogen-bond donors (Lipinski definition) is 2. The highest BCUT2D eigenvalue weighted by Crippen LogP contribution is 2.31. The van der Waals surface area contributed by atoms with E-state index in [2.05, 4.69) is 20.7 Å². The van der Waals surface area contributed by atoms with E-state index in [1.54, 1.807) is 6.07 Å². The monoisotopic (exact) mass is 370 g/mol. The molecule has 1 rings (SSSR count). The quantitative estimate of drug-likeness (QED) is 0.769. The summed E-state index contributed by atoms with van der Waals surface area (Å²) in [6.07, 6.45) is 0. The number of ether oxygens (including phenoxy) is 1. The Morgan fingerprint density at radius 2 is 2.16 bits per heavy atom. The second-order valence-corrected chi connectivity index (χ2v) is 8.76. The number of nitrogens with two attached hydrogens (primary N) is 1. The number of thiophene rings is 1. The summed E-state index contributed by atoms with van der Waals surface area (Å²) in [7, 11) is -3.55. The number of rotatable bonds is 7. The maximum absolute atomic E-state index is 12.2. The molecule has 5 nitrogen and oxygen atoms in total. The molecule has 0 aliphatic carbocycles. The average molecular weight is 371 g/mol. The SMILES string of the molecule is CCOC(C)(C)CNS(=O)(=O)c1cc(CN)sc1Br. The lowest BCUT2D eigenvalue weighted by Crippen LogP contribution is -2.40. The highest BCUT2D eigenvalue weighted by atomic mass is 79.9. The molecule has 0 radical (unpaired) electrons. The molecule has 0 bridgehead atoms. The van der Waals surface area contributed by atoms with E-state index in [0.29, 0.717) is 16.9 Å². The normalized spacial score (nSPS) is 12.9. The first kappa shape index (κ1) is 17.1. The zero-order chi connectivity index (χ0) is 14.7. The Bertz CT molecular complexity index is 526. The van der Waals surface area contributed by atoms with Gasteiger partial charge in [0.15, 0.2) is 0 Å². The van der Waals surface area contributed by atoms with Gasteiger partial charge < -0.3 is 10.5 Å². The molecule has 0 fully saturated rings. The Kier molecular flexibility index (Phi) is 5.96. The fourth-order valence-electron chi connectivity index (χ4n) is 1.47. The van der Waals surface area contributed by atoms with E-state index in [1.165, 1.54) is 11.3 Å². The van der Waals surface area contributed by atoms with E-state index >= 15 is 0 Å². The molecule has 0 aliphatic rings. The summed E-state index contributed by atoms with van der Waals surface area (Å²) >= 11 is 4.58. The van der Waals surface area contributed by atoms with Crippen molar-refractivity contribution in [2.45, 2.75) is 37.8 Å². The molecular weight excluding hydrogens is 352 g/mol. The van der Waals surface area contributed by atoms with Crippen molar-refractivity contribution >= 4 is 37.3 Å². The van der Waals surface area contributed by atoms with Gasteiger partial charge in [0.25, 0.3) is 0 Å². The van der Waals surface area contributed by atoms with Gasteiger partial charge in [0.1, 0.15) is 4.90 Å². The van der Waals surface area contributed by atoms with Gasteiger partial charge in [0.2, 0.25) is 10.0 Å². The Hall–Kier alpha value is 0.01000. The van der Waals surface area contributed by atoms with Crippen LogP contribution in [-0.4, -0.2) is 27.2 Å². The van der Waals surface area contributed by atoms with Crippen LogP contribution in [0.5, 0.6) is 0 Å². The van der Waals surface area contributed by atoms with Gasteiger partial charge in [-0.2, -0.15) is 0 Å². The molecular formula is C11H19BrN2O3S2. The maximum Gasteiger partial charge on any atom is 0.242 e. The summed E-state index contributed by atoms with van der Waals surface area (Å²) in [5.74, 6) is 0. The van der Waals surface area contributed by atoms with E-state index in [0.717, 1.165) is 4.88 Å². The average Bonchev–Trinajstić information content (AvgIpc) is 2.69. The first-order valence-corrected chi connectivity index (χ1v) is 8.93. The molecule has 1 aromatic heterocycles. The molecule has 110 valence electrons. The number of nitrogens with one attached hydrogen (secondary N) is 1. The number of hydrogen-bond acceptors (Lipinski definition) is 5. The molecule has 19 heavy (non-hydrogen) atoms. The molecule has 0 amide bonds. The second-order valence-electron chi connectivity index (χ2n) is 4.57. The lowest BCUT2D eigenvalue weighted by atomic mass is 10.1. The predicted octanol–water partition coefficient (Wildman–Crippen LogP) is 2.06. The minimum absolute atomic E-state index is 0.212. The van der Waals surface area contributed by atoms with E-state index in [4.69, 9.17) is 10.5 Å². The highest BCUT2D eigenvalue weighted by Gasteiger charge is 2.25. The molecule has 1 heterocycles. The van der Waals surface area contributed by atoms with Crippen LogP contribution < -0.4 is 10.5 Å². The fourth-order valence-corrected chi connectivity index (χ4v) is 5.23. The van der Waals surface area contributed by atoms with Crippen molar-refractivity contribution in [1.29, 1.82) is 0 Å². The Morgan fingerprint density at radius 3 is 2.63 bits per heavy atom. The topological polar surface area (TPSA) is 81.4 Å². The molecule has 0 spiro atoms. The van der Waals surface area contributed by atoms with Crippen molar-refractivity contribution in [2.24, 2.45) is 5.73 Å². The minimum Gasteiger partial charge on any atom is -0.375 e. The van der Waals surface area contributed by atoms with Crippen LogP contribution in [0.25, 0.3) is 0 Å². The van der Waals surface area contributed by atoms with Crippen LogP contribution in [0.15, 0.2) is 14.7 Å². The standard InChI is InChI=1S/C11H19BrN2O3S2/c1-4-17-11(2,3)7-14-19(15,16)9-5-8(6-13)18-10(9)12/h5,14H,4,6-7,13H2,1-3H3. The Balaban J connectivity index is 2.84. The lowest BCUT2D eigenvalue weighted by molar-refractivity contribution is -0.00515. The van der Waals surface area contributed by atoms with Gasteiger partial charge in [-0.3, -0.25) is 0 Å². The van der Waals surface area contributed by atoms with Crippen molar-refractivity contribution in [3.05, 3.63) is 14.7 Å². The van der Waals surface area contributed by atoms with Gasteiger partial charge in [0.05, 0.1) is 9.39 Å². The van der Waals surface area contributed by atoms with E-state index in [-0.39, 0.29) is 11.4 Å².